The smallest absolute Gasteiger partial charge is 0.151 e. The number of aliphatic hydroxyl groups excluding tert-OH is 2. The number of nitrogens with zero attached hydrogens (tertiary/aromatic N) is 3. The SMILES string of the molecule is CCC[C@@]1(CO)CN(c2nc(C)ncc2Cl)CC[C@@H]1O. The Hall–Kier alpha value is -0.910. The minimum atomic E-state index is -0.491. The lowest BCUT2D eigenvalue weighted by Crippen LogP contribution is -2.54. The Morgan fingerprint density at radius 3 is 2.95 bits per heavy atom. The van der Waals surface area contributed by atoms with Gasteiger partial charge in [0.2, 0.25) is 0 Å². The van der Waals surface area contributed by atoms with E-state index < -0.39 is 11.5 Å². The summed E-state index contributed by atoms with van der Waals surface area (Å²) >= 11 is 6.19. The molecule has 0 unspecified atom stereocenters. The Bertz CT molecular complexity index is 472. The monoisotopic (exact) mass is 299 g/mol. The summed E-state index contributed by atoms with van der Waals surface area (Å²) < 4.78 is 0. The van der Waals surface area contributed by atoms with Gasteiger partial charge in [-0.15, -0.1) is 0 Å². The van der Waals surface area contributed by atoms with Crippen molar-refractivity contribution in [1.82, 2.24) is 9.97 Å². The third-order valence-corrected chi connectivity index (χ3v) is 4.36. The topological polar surface area (TPSA) is 69.5 Å². The third-order valence-electron chi connectivity index (χ3n) is 4.09. The zero-order valence-corrected chi connectivity index (χ0v) is 12.8. The molecule has 1 saturated heterocycles. The quantitative estimate of drug-likeness (QED) is 0.887. The molecule has 0 aliphatic carbocycles. The molecular formula is C14H22ClN3O2. The molecule has 0 radical (unpaired) electrons. The molecule has 1 aromatic heterocycles. The van der Waals surface area contributed by atoms with Gasteiger partial charge in [0, 0.05) is 18.5 Å². The molecule has 5 nitrogen and oxygen atoms in total. The maximum Gasteiger partial charge on any atom is 0.151 e. The molecular weight excluding hydrogens is 278 g/mol. The lowest BCUT2D eigenvalue weighted by molar-refractivity contribution is -0.0353. The fourth-order valence-electron chi connectivity index (χ4n) is 2.97. The summed E-state index contributed by atoms with van der Waals surface area (Å²) in [5.74, 6) is 1.36. The van der Waals surface area contributed by atoms with Crippen molar-refractivity contribution in [2.24, 2.45) is 5.41 Å². The third kappa shape index (κ3) is 2.90. The van der Waals surface area contributed by atoms with Gasteiger partial charge in [-0.3, -0.25) is 0 Å². The van der Waals surface area contributed by atoms with Crippen molar-refractivity contribution in [3.8, 4) is 0 Å². The van der Waals surface area contributed by atoms with Gasteiger partial charge >= 0.3 is 0 Å². The van der Waals surface area contributed by atoms with Crippen LogP contribution >= 0.6 is 11.6 Å². The average molecular weight is 300 g/mol. The molecule has 112 valence electrons. The number of hydrogen-bond donors (Lipinski definition) is 2. The normalized spacial score (nSPS) is 26.9. The Balaban J connectivity index is 2.28. The van der Waals surface area contributed by atoms with Gasteiger partial charge in [-0.1, -0.05) is 24.9 Å². The highest BCUT2D eigenvalue weighted by molar-refractivity contribution is 6.32. The van der Waals surface area contributed by atoms with Crippen molar-refractivity contribution < 1.29 is 10.2 Å². The summed E-state index contributed by atoms with van der Waals surface area (Å²) in [6, 6.07) is 0. The number of aliphatic hydroxyl groups is 2. The molecule has 1 aliphatic rings. The summed E-state index contributed by atoms with van der Waals surface area (Å²) in [6.07, 6.45) is 3.43. The molecule has 0 aromatic carbocycles. The first-order valence-corrected chi connectivity index (χ1v) is 7.43. The number of anilines is 1. The van der Waals surface area contributed by atoms with Crippen LogP contribution in [-0.2, 0) is 0 Å². The fraction of sp³-hybridized carbons (Fsp3) is 0.714. The first-order valence-electron chi connectivity index (χ1n) is 7.05. The summed E-state index contributed by atoms with van der Waals surface area (Å²) in [5, 5.41) is 20.6. The van der Waals surface area contributed by atoms with Crippen LogP contribution in [0.15, 0.2) is 6.20 Å². The van der Waals surface area contributed by atoms with E-state index in [1.165, 1.54) is 0 Å². The lowest BCUT2D eigenvalue weighted by Gasteiger charge is -2.46. The number of aromatic nitrogens is 2. The number of hydrogen-bond acceptors (Lipinski definition) is 5. The molecule has 0 bridgehead atoms. The fourth-order valence-corrected chi connectivity index (χ4v) is 3.18. The molecule has 2 N–H and O–H groups in total. The van der Waals surface area contributed by atoms with Crippen LogP contribution in [-0.4, -0.2) is 46.0 Å². The van der Waals surface area contributed by atoms with Crippen LogP contribution in [0.2, 0.25) is 5.02 Å². The van der Waals surface area contributed by atoms with Crippen LogP contribution in [0.1, 0.15) is 32.0 Å². The molecule has 1 fully saturated rings. The lowest BCUT2D eigenvalue weighted by atomic mass is 9.74. The largest absolute Gasteiger partial charge is 0.396 e. The van der Waals surface area contributed by atoms with Gasteiger partial charge in [0.05, 0.1) is 18.9 Å². The van der Waals surface area contributed by atoms with Gasteiger partial charge in [-0.25, -0.2) is 9.97 Å². The van der Waals surface area contributed by atoms with Crippen molar-refractivity contribution in [3.05, 3.63) is 17.0 Å². The van der Waals surface area contributed by atoms with Crippen LogP contribution in [0.25, 0.3) is 0 Å². The highest BCUT2D eigenvalue weighted by atomic mass is 35.5. The van der Waals surface area contributed by atoms with Gasteiger partial charge in [0.1, 0.15) is 10.8 Å². The van der Waals surface area contributed by atoms with E-state index in [4.69, 9.17) is 11.6 Å². The number of piperidine rings is 1. The Morgan fingerprint density at radius 1 is 1.55 bits per heavy atom. The van der Waals surface area contributed by atoms with Gasteiger partial charge in [0.15, 0.2) is 5.82 Å². The standard InChI is InChI=1S/C14H22ClN3O2/c1-3-5-14(9-19)8-18(6-4-12(14)20)13-11(15)7-16-10(2)17-13/h7,12,19-20H,3-6,8-9H2,1-2H3/t12-,14-/m0/s1. The van der Waals surface area contributed by atoms with Gasteiger partial charge in [-0.2, -0.15) is 0 Å². The van der Waals surface area contributed by atoms with Crippen LogP contribution in [0.5, 0.6) is 0 Å². The maximum absolute atomic E-state index is 10.3. The van der Waals surface area contributed by atoms with Crippen molar-refractivity contribution in [1.29, 1.82) is 0 Å². The summed E-state index contributed by atoms with van der Waals surface area (Å²) in [4.78, 5) is 10.5. The van der Waals surface area contributed by atoms with Crippen molar-refractivity contribution in [2.75, 3.05) is 24.6 Å². The van der Waals surface area contributed by atoms with E-state index in [-0.39, 0.29) is 6.61 Å². The minimum Gasteiger partial charge on any atom is -0.396 e. The van der Waals surface area contributed by atoms with Gasteiger partial charge in [-0.05, 0) is 19.8 Å². The summed E-state index contributed by atoms with van der Waals surface area (Å²) in [7, 11) is 0. The van der Waals surface area contributed by atoms with E-state index >= 15 is 0 Å². The molecule has 2 atom stereocenters. The molecule has 2 rings (SSSR count). The van der Waals surface area contributed by atoms with E-state index in [0.29, 0.717) is 36.2 Å². The summed E-state index contributed by atoms with van der Waals surface area (Å²) in [6.45, 7) is 5.10. The second kappa shape index (κ2) is 6.24. The van der Waals surface area contributed by atoms with Crippen molar-refractivity contribution >= 4 is 17.4 Å². The van der Waals surface area contributed by atoms with Crippen LogP contribution in [0.3, 0.4) is 0 Å². The minimum absolute atomic E-state index is 0.0276. The maximum atomic E-state index is 10.3. The molecule has 0 amide bonds. The van der Waals surface area contributed by atoms with E-state index in [1.54, 1.807) is 6.20 Å². The predicted molar refractivity (Wildman–Crippen MR) is 79.0 cm³/mol. The van der Waals surface area contributed by atoms with E-state index in [9.17, 15) is 10.2 Å². The van der Waals surface area contributed by atoms with Gasteiger partial charge in [0.25, 0.3) is 0 Å². The van der Waals surface area contributed by atoms with E-state index in [0.717, 1.165) is 12.8 Å². The van der Waals surface area contributed by atoms with Crippen LogP contribution < -0.4 is 4.90 Å². The molecule has 2 heterocycles. The summed E-state index contributed by atoms with van der Waals surface area (Å²) in [5.41, 5.74) is -0.491. The number of aryl methyl sites for hydroxylation is 1. The van der Waals surface area contributed by atoms with Gasteiger partial charge < -0.3 is 15.1 Å². The molecule has 20 heavy (non-hydrogen) atoms. The molecule has 6 heteroatoms. The second-order valence-corrected chi connectivity index (χ2v) is 5.99. The number of rotatable bonds is 4. The van der Waals surface area contributed by atoms with E-state index in [2.05, 4.69) is 21.8 Å². The molecule has 0 saturated carbocycles. The zero-order chi connectivity index (χ0) is 14.8. The van der Waals surface area contributed by atoms with Crippen LogP contribution in [0.4, 0.5) is 5.82 Å². The Kier molecular flexibility index (Phi) is 4.83. The Labute approximate surface area is 124 Å². The molecule has 1 aliphatic heterocycles. The highest BCUT2D eigenvalue weighted by Crippen LogP contribution is 2.37. The molecule has 1 aromatic rings. The zero-order valence-electron chi connectivity index (χ0n) is 12.0. The average Bonchev–Trinajstić information content (AvgIpc) is 2.44. The van der Waals surface area contributed by atoms with Crippen molar-refractivity contribution in [3.63, 3.8) is 0 Å². The number of halogens is 1. The van der Waals surface area contributed by atoms with E-state index in [1.807, 2.05) is 6.92 Å². The van der Waals surface area contributed by atoms with Crippen molar-refractivity contribution in [2.45, 2.75) is 39.2 Å². The predicted octanol–water partition coefficient (Wildman–Crippen LogP) is 1.79. The molecule has 0 spiro atoms. The van der Waals surface area contributed by atoms with Crippen LogP contribution in [0, 0.1) is 12.3 Å². The first-order chi connectivity index (χ1) is 9.52. The second-order valence-electron chi connectivity index (χ2n) is 5.59. The highest BCUT2D eigenvalue weighted by Gasteiger charge is 2.42. The Morgan fingerprint density at radius 2 is 2.30 bits per heavy atom. The first kappa shape index (κ1) is 15.5.